The summed E-state index contributed by atoms with van der Waals surface area (Å²) in [6.07, 6.45) is 1.44. The Morgan fingerprint density at radius 3 is 2.03 bits per heavy atom. The summed E-state index contributed by atoms with van der Waals surface area (Å²) in [6, 6.07) is 28.9. The van der Waals surface area contributed by atoms with Gasteiger partial charge in [0.2, 0.25) is 0 Å². The predicted molar refractivity (Wildman–Crippen MR) is 142 cm³/mol. The minimum atomic E-state index is -1.93. The van der Waals surface area contributed by atoms with E-state index in [1.165, 1.54) is 25.5 Å². The van der Waals surface area contributed by atoms with Gasteiger partial charge in [0.25, 0.3) is 5.91 Å². The number of aromatic carboxylic acids is 1. The van der Waals surface area contributed by atoms with Crippen LogP contribution in [-0.2, 0) is 17.0 Å². The number of carboxylic acids is 1. The summed E-state index contributed by atoms with van der Waals surface area (Å²) in [5, 5.41) is 24.6. The van der Waals surface area contributed by atoms with Crippen molar-refractivity contribution in [3.05, 3.63) is 131 Å². The Labute approximate surface area is 219 Å². The van der Waals surface area contributed by atoms with Crippen LogP contribution in [0.5, 0.6) is 11.5 Å². The van der Waals surface area contributed by atoms with E-state index in [0.29, 0.717) is 28.2 Å². The molecule has 0 bridgehead atoms. The Balaban J connectivity index is 1.46. The van der Waals surface area contributed by atoms with Gasteiger partial charge in [-0.2, -0.15) is 5.10 Å². The highest BCUT2D eigenvalue weighted by molar-refractivity contribution is 5.91. The minimum absolute atomic E-state index is 0.202. The number of hydrogen-bond donors (Lipinski definition) is 3. The van der Waals surface area contributed by atoms with E-state index in [1.807, 2.05) is 0 Å². The molecule has 0 radical (unpaired) electrons. The summed E-state index contributed by atoms with van der Waals surface area (Å²) in [5.41, 5.74) is 2.98. The predicted octanol–water partition coefficient (Wildman–Crippen LogP) is 4.36. The van der Waals surface area contributed by atoms with Gasteiger partial charge in [0.1, 0.15) is 6.61 Å². The van der Waals surface area contributed by atoms with Crippen LogP contribution in [0.3, 0.4) is 0 Å². The summed E-state index contributed by atoms with van der Waals surface area (Å²) in [5.74, 6) is -0.754. The molecule has 4 rings (SSSR count). The number of nitrogens with zero attached hydrogens (tertiary/aromatic N) is 1. The van der Waals surface area contributed by atoms with Crippen molar-refractivity contribution in [1.82, 2.24) is 5.43 Å². The van der Waals surface area contributed by atoms with Crippen LogP contribution in [0.15, 0.2) is 108 Å². The van der Waals surface area contributed by atoms with E-state index in [9.17, 15) is 14.7 Å². The Kier molecular flexibility index (Phi) is 8.15. The number of carboxylic acid groups (broad SMARTS) is 1. The van der Waals surface area contributed by atoms with Crippen LogP contribution in [-0.4, -0.2) is 35.4 Å². The number of amides is 1. The molecule has 1 amide bonds. The number of methoxy groups -OCH3 is 1. The van der Waals surface area contributed by atoms with Crippen LogP contribution in [0, 0.1) is 0 Å². The van der Waals surface area contributed by atoms with Crippen LogP contribution in [0.25, 0.3) is 0 Å². The van der Waals surface area contributed by atoms with Crippen molar-refractivity contribution >= 4 is 18.1 Å². The number of carbonyl (C=O) groups excluding carboxylic acids is 1. The fourth-order valence-electron chi connectivity index (χ4n) is 3.82. The summed E-state index contributed by atoms with van der Waals surface area (Å²) in [7, 11) is 1.51. The van der Waals surface area contributed by atoms with Gasteiger partial charge in [-0.25, -0.2) is 10.2 Å². The van der Waals surface area contributed by atoms with Gasteiger partial charge < -0.3 is 19.7 Å². The Morgan fingerprint density at radius 2 is 1.47 bits per heavy atom. The first-order valence-corrected chi connectivity index (χ1v) is 11.7. The van der Waals surface area contributed by atoms with Crippen molar-refractivity contribution in [2.24, 2.45) is 5.10 Å². The molecule has 4 aromatic carbocycles. The molecule has 0 saturated heterocycles. The molecule has 0 aliphatic heterocycles. The lowest BCUT2D eigenvalue weighted by atomic mass is 9.85. The third kappa shape index (κ3) is 5.88. The van der Waals surface area contributed by atoms with Gasteiger partial charge in [-0.1, -0.05) is 72.8 Å². The number of rotatable bonds is 10. The van der Waals surface area contributed by atoms with E-state index in [-0.39, 0.29) is 12.2 Å². The van der Waals surface area contributed by atoms with Crippen LogP contribution < -0.4 is 14.9 Å². The molecular weight excluding hydrogens is 484 g/mol. The lowest BCUT2D eigenvalue weighted by Gasteiger charge is -2.27. The van der Waals surface area contributed by atoms with Crippen LogP contribution in [0.1, 0.15) is 32.6 Å². The average Bonchev–Trinajstić information content (AvgIpc) is 2.97. The number of hydrazone groups is 1. The summed E-state index contributed by atoms with van der Waals surface area (Å²) in [6.45, 7) is 0.220. The van der Waals surface area contributed by atoms with Crippen molar-refractivity contribution in [2.45, 2.75) is 12.2 Å². The van der Waals surface area contributed by atoms with Gasteiger partial charge in [-0.15, -0.1) is 0 Å². The Bertz CT molecular complexity index is 1380. The van der Waals surface area contributed by atoms with Gasteiger partial charge in [0.15, 0.2) is 17.1 Å². The van der Waals surface area contributed by atoms with Crippen LogP contribution in [0.2, 0.25) is 0 Å². The van der Waals surface area contributed by atoms with Gasteiger partial charge >= 0.3 is 5.97 Å². The first kappa shape index (κ1) is 26.1. The molecule has 8 nitrogen and oxygen atoms in total. The molecule has 0 aliphatic carbocycles. The SMILES string of the molecule is COc1cc(/C=N\NC(=O)C(O)(c2ccccc2)c2ccccc2)ccc1OCc1ccc(C(=O)O)cc1. The summed E-state index contributed by atoms with van der Waals surface area (Å²) < 4.78 is 11.3. The average molecular weight is 511 g/mol. The van der Waals surface area contributed by atoms with Crippen molar-refractivity contribution in [3.8, 4) is 11.5 Å². The lowest BCUT2D eigenvalue weighted by molar-refractivity contribution is -0.136. The van der Waals surface area contributed by atoms with E-state index >= 15 is 0 Å². The molecule has 0 saturated carbocycles. The highest BCUT2D eigenvalue weighted by atomic mass is 16.5. The van der Waals surface area contributed by atoms with Gasteiger partial charge in [-0.3, -0.25) is 4.79 Å². The molecule has 0 aromatic heterocycles. The first-order chi connectivity index (χ1) is 18.4. The number of carbonyl (C=O) groups is 2. The van der Waals surface area contributed by atoms with Crippen LogP contribution >= 0.6 is 0 Å². The smallest absolute Gasteiger partial charge is 0.335 e. The second kappa shape index (κ2) is 11.9. The fraction of sp³-hybridized carbons (Fsp3) is 0.100. The zero-order valence-electron chi connectivity index (χ0n) is 20.6. The van der Waals surface area contributed by atoms with Crippen molar-refractivity contribution in [1.29, 1.82) is 0 Å². The molecule has 3 N–H and O–H groups in total. The van der Waals surface area contributed by atoms with E-state index in [1.54, 1.807) is 91.0 Å². The Hall–Kier alpha value is -4.95. The quantitative estimate of drug-likeness (QED) is 0.216. The number of ether oxygens (including phenoxy) is 2. The highest BCUT2D eigenvalue weighted by Gasteiger charge is 2.39. The normalized spacial score (nSPS) is 11.2. The number of nitrogens with one attached hydrogen (secondary N) is 1. The molecule has 0 spiro atoms. The summed E-state index contributed by atoms with van der Waals surface area (Å²) in [4.78, 5) is 24.2. The van der Waals surface area contributed by atoms with Crippen molar-refractivity contribution in [2.75, 3.05) is 7.11 Å². The number of aliphatic hydroxyl groups is 1. The topological polar surface area (TPSA) is 117 Å². The zero-order chi connectivity index (χ0) is 27.0. The van der Waals surface area contributed by atoms with Crippen molar-refractivity contribution in [3.63, 3.8) is 0 Å². The lowest BCUT2D eigenvalue weighted by Crippen LogP contribution is -2.43. The standard InChI is InChI=1S/C30H26N2O6/c1-37-27-18-22(14-17-26(27)38-20-21-12-15-23(16-13-21)28(33)34)19-31-32-29(35)30(36,24-8-4-2-5-9-24)25-10-6-3-7-11-25/h2-19,36H,20H2,1H3,(H,32,35)(H,33,34)/b31-19-. The highest BCUT2D eigenvalue weighted by Crippen LogP contribution is 2.30. The van der Waals surface area contributed by atoms with E-state index in [4.69, 9.17) is 14.6 Å². The first-order valence-electron chi connectivity index (χ1n) is 11.7. The third-order valence-corrected chi connectivity index (χ3v) is 5.87. The molecule has 0 fully saturated rings. The molecular formula is C30H26N2O6. The largest absolute Gasteiger partial charge is 0.493 e. The fourth-order valence-corrected chi connectivity index (χ4v) is 3.82. The monoisotopic (exact) mass is 510 g/mol. The molecule has 0 atom stereocenters. The second-order valence-electron chi connectivity index (χ2n) is 8.34. The maximum absolute atomic E-state index is 13.2. The van der Waals surface area contributed by atoms with E-state index < -0.39 is 17.5 Å². The molecule has 38 heavy (non-hydrogen) atoms. The van der Waals surface area contributed by atoms with E-state index in [0.717, 1.165) is 5.56 Å². The number of hydrogen-bond acceptors (Lipinski definition) is 6. The molecule has 4 aromatic rings. The molecule has 0 aliphatic rings. The van der Waals surface area contributed by atoms with Crippen LogP contribution in [0.4, 0.5) is 0 Å². The zero-order valence-corrected chi connectivity index (χ0v) is 20.6. The summed E-state index contributed by atoms with van der Waals surface area (Å²) >= 11 is 0. The molecule has 8 heteroatoms. The van der Waals surface area contributed by atoms with Crippen molar-refractivity contribution < 1.29 is 29.3 Å². The maximum Gasteiger partial charge on any atom is 0.335 e. The maximum atomic E-state index is 13.2. The molecule has 0 unspecified atom stereocenters. The second-order valence-corrected chi connectivity index (χ2v) is 8.34. The van der Waals surface area contributed by atoms with Gasteiger partial charge in [-0.05, 0) is 52.6 Å². The van der Waals surface area contributed by atoms with Gasteiger partial charge in [0.05, 0.1) is 18.9 Å². The molecule has 192 valence electrons. The minimum Gasteiger partial charge on any atom is -0.493 e. The Morgan fingerprint density at radius 1 is 0.868 bits per heavy atom. The molecule has 0 heterocycles. The van der Waals surface area contributed by atoms with E-state index in [2.05, 4.69) is 10.5 Å². The number of benzene rings is 4. The third-order valence-electron chi connectivity index (χ3n) is 5.87. The van der Waals surface area contributed by atoms with Gasteiger partial charge in [0, 0.05) is 0 Å².